The summed E-state index contributed by atoms with van der Waals surface area (Å²) in [7, 11) is 1.93. The molecular formula is C14H17BrN2O. The lowest BCUT2D eigenvalue weighted by atomic mass is 10.1. The van der Waals surface area contributed by atoms with Crippen LogP contribution in [0.15, 0.2) is 22.7 Å². The van der Waals surface area contributed by atoms with Gasteiger partial charge < -0.3 is 4.74 Å². The minimum atomic E-state index is 0.514. The third kappa shape index (κ3) is 2.58. The van der Waals surface area contributed by atoms with E-state index in [0.717, 1.165) is 21.6 Å². The molecule has 0 atom stereocenters. The Kier molecular flexibility index (Phi) is 3.76. The molecule has 0 saturated carbocycles. The summed E-state index contributed by atoms with van der Waals surface area (Å²) in [5.41, 5.74) is 4.55. The van der Waals surface area contributed by atoms with Crippen LogP contribution in [0, 0.1) is 20.8 Å². The molecule has 0 aliphatic heterocycles. The maximum atomic E-state index is 5.81. The van der Waals surface area contributed by atoms with Crippen LogP contribution < -0.4 is 4.74 Å². The fourth-order valence-corrected chi connectivity index (χ4v) is 2.24. The van der Waals surface area contributed by atoms with Gasteiger partial charge in [0.2, 0.25) is 0 Å². The zero-order chi connectivity index (χ0) is 13.3. The van der Waals surface area contributed by atoms with Gasteiger partial charge in [-0.05, 0) is 60.0 Å². The molecule has 96 valence electrons. The van der Waals surface area contributed by atoms with Crippen molar-refractivity contribution < 1.29 is 4.74 Å². The second-order valence-corrected chi connectivity index (χ2v) is 5.30. The molecule has 3 nitrogen and oxygen atoms in total. The summed E-state index contributed by atoms with van der Waals surface area (Å²) < 4.78 is 8.68. The van der Waals surface area contributed by atoms with Gasteiger partial charge in [-0.15, -0.1) is 0 Å². The minimum Gasteiger partial charge on any atom is -0.487 e. The van der Waals surface area contributed by atoms with Crippen molar-refractivity contribution in [3.63, 3.8) is 0 Å². The first-order chi connectivity index (χ1) is 8.49. The molecule has 0 amide bonds. The fourth-order valence-electron chi connectivity index (χ4n) is 1.79. The first-order valence-electron chi connectivity index (χ1n) is 5.87. The Morgan fingerprint density at radius 1 is 1.22 bits per heavy atom. The molecule has 2 rings (SSSR count). The number of aryl methyl sites for hydroxylation is 4. The van der Waals surface area contributed by atoms with Crippen molar-refractivity contribution in [2.75, 3.05) is 0 Å². The fraction of sp³-hybridized carbons (Fsp3) is 0.357. The van der Waals surface area contributed by atoms with Crippen LogP contribution in [0.4, 0.5) is 0 Å². The standard InChI is InChI=1S/C14H17BrN2O/c1-9-5-6-12(7-10(9)2)18-8-13-14(15)11(3)16-17(13)4/h5-7H,8H2,1-4H3. The Hall–Kier alpha value is -1.29. The summed E-state index contributed by atoms with van der Waals surface area (Å²) in [6, 6.07) is 6.14. The van der Waals surface area contributed by atoms with Crippen LogP contribution in [0.5, 0.6) is 5.75 Å². The van der Waals surface area contributed by atoms with Gasteiger partial charge in [-0.2, -0.15) is 5.10 Å². The highest BCUT2D eigenvalue weighted by molar-refractivity contribution is 9.10. The maximum absolute atomic E-state index is 5.81. The summed E-state index contributed by atoms with van der Waals surface area (Å²) in [6.07, 6.45) is 0. The number of nitrogens with zero attached hydrogens (tertiary/aromatic N) is 2. The topological polar surface area (TPSA) is 27.1 Å². The minimum absolute atomic E-state index is 0.514. The van der Waals surface area contributed by atoms with E-state index in [2.05, 4.69) is 47.0 Å². The second kappa shape index (κ2) is 5.14. The van der Waals surface area contributed by atoms with E-state index in [1.807, 2.05) is 24.7 Å². The van der Waals surface area contributed by atoms with Crippen molar-refractivity contribution >= 4 is 15.9 Å². The maximum Gasteiger partial charge on any atom is 0.131 e. The van der Waals surface area contributed by atoms with E-state index in [9.17, 15) is 0 Å². The van der Waals surface area contributed by atoms with Crippen molar-refractivity contribution in [3.8, 4) is 5.75 Å². The summed E-state index contributed by atoms with van der Waals surface area (Å²) in [6.45, 7) is 6.68. The molecule has 0 spiro atoms. The van der Waals surface area contributed by atoms with Crippen molar-refractivity contribution in [2.24, 2.45) is 7.05 Å². The van der Waals surface area contributed by atoms with E-state index in [1.165, 1.54) is 11.1 Å². The quantitative estimate of drug-likeness (QED) is 0.864. The van der Waals surface area contributed by atoms with Gasteiger partial charge >= 0.3 is 0 Å². The number of hydrogen-bond acceptors (Lipinski definition) is 2. The first kappa shape index (κ1) is 13.1. The van der Waals surface area contributed by atoms with Crippen LogP contribution in [0.25, 0.3) is 0 Å². The zero-order valence-corrected chi connectivity index (χ0v) is 12.7. The summed E-state index contributed by atoms with van der Waals surface area (Å²) in [5, 5.41) is 4.34. The average Bonchev–Trinajstić information content (AvgIpc) is 2.56. The number of aromatic nitrogens is 2. The monoisotopic (exact) mass is 308 g/mol. The molecule has 0 radical (unpaired) electrons. The number of rotatable bonds is 3. The predicted molar refractivity (Wildman–Crippen MR) is 75.9 cm³/mol. The Morgan fingerprint density at radius 2 is 1.94 bits per heavy atom. The summed E-state index contributed by atoms with van der Waals surface area (Å²) in [5.74, 6) is 0.892. The molecular weight excluding hydrogens is 292 g/mol. The smallest absolute Gasteiger partial charge is 0.131 e. The highest BCUT2D eigenvalue weighted by Crippen LogP contribution is 2.23. The van der Waals surface area contributed by atoms with E-state index < -0.39 is 0 Å². The molecule has 1 aromatic heterocycles. The normalized spacial score (nSPS) is 10.7. The molecule has 0 saturated heterocycles. The molecule has 4 heteroatoms. The van der Waals surface area contributed by atoms with Gasteiger partial charge in [-0.25, -0.2) is 0 Å². The van der Waals surface area contributed by atoms with Gasteiger partial charge in [0.1, 0.15) is 12.4 Å². The van der Waals surface area contributed by atoms with E-state index in [-0.39, 0.29) is 0 Å². The molecule has 18 heavy (non-hydrogen) atoms. The third-order valence-electron chi connectivity index (χ3n) is 3.12. The number of benzene rings is 1. The van der Waals surface area contributed by atoms with E-state index in [0.29, 0.717) is 6.61 Å². The molecule has 1 aromatic carbocycles. The van der Waals surface area contributed by atoms with Gasteiger partial charge in [-0.3, -0.25) is 4.68 Å². The van der Waals surface area contributed by atoms with Gasteiger partial charge in [0.05, 0.1) is 15.9 Å². The number of hydrogen-bond donors (Lipinski definition) is 0. The van der Waals surface area contributed by atoms with Crippen molar-refractivity contribution in [2.45, 2.75) is 27.4 Å². The Morgan fingerprint density at radius 3 is 2.50 bits per heavy atom. The Balaban J connectivity index is 2.14. The Bertz CT molecular complexity index is 575. The third-order valence-corrected chi connectivity index (χ3v) is 4.15. The molecule has 0 aliphatic carbocycles. The van der Waals surface area contributed by atoms with Gasteiger partial charge in [0.15, 0.2) is 0 Å². The van der Waals surface area contributed by atoms with Crippen molar-refractivity contribution in [1.82, 2.24) is 9.78 Å². The van der Waals surface area contributed by atoms with Crippen LogP contribution in [0.1, 0.15) is 22.5 Å². The summed E-state index contributed by atoms with van der Waals surface area (Å²) in [4.78, 5) is 0. The van der Waals surface area contributed by atoms with Crippen LogP contribution in [0.3, 0.4) is 0 Å². The average molecular weight is 309 g/mol. The second-order valence-electron chi connectivity index (χ2n) is 4.50. The van der Waals surface area contributed by atoms with E-state index in [1.54, 1.807) is 0 Å². The van der Waals surface area contributed by atoms with Crippen molar-refractivity contribution in [3.05, 3.63) is 45.2 Å². The molecule has 0 fully saturated rings. The number of ether oxygens (including phenoxy) is 1. The van der Waals surface area contributed by atoms with Crippen LogP contribution >= 0.6 is 15.9 Å². The number of halogens is 1. The van der Waals surface area contributed by atoms with E-state index in [4.69, 9.17) is 4.74 Å². The van der Waals surface area contributed by atoms with Gasteiger partial charge in [0, 0.05) is 7.05 Å². The van der Waals surface area contributed by atoms with Crippen LogP contribution in [-0.2, 0) is 13.7 Å². The van der Waals surface area contributed by atoms with Crippen LogP contribution in [0.2, 0.25) is 0 Å². The predicted octanol–water partition coefficient (Wildman–Crippen LogP) is 3.69. The highest BCUT2D eigenvalue weighted by Gasteiger charge is 2.11. The van der Waals surface area contributed by atoms with E-state index >= 15 is 0 Å². The lowest BCUT2D eigenvalue weighted by Gasteiger charge is -2.09. The lowest BCUT2D eigenvalue weighted by Crippen LogP contribution is -2.03. The van der Waals surface area contributed by atoms with Gasteiger partial charge in [-0.1, -0.05) is 6.07 Å². The Labute approximate surface area is 116 Å². The largest absolute Gasteiger partial charge is 0.487 e. The molecule has 0 bridgehead atoms. The molecule has 2 aromatic rings. The lowest BCUT2D eigenvalue weighted by molar-refractivity contribution is 0.294. The SMILES string of the molecule is Cc1ccc(OCc2c(Br)c(C)nn2C)cc1C. The molecule has 0 unspecified atom stereocenters. The zero-order valence-electron chi connectivity index (χ0n) is 11.1. The van der Waals surface area contributed by atoms with Gasteiger partial charge in [0.25, 0.3) is 0 Å². The van der Waals surface area contributed by atoms with Crippen molar-refractivity contribution in [1.29, 1.82) is 0 Å². The highest BCUT2D eigenvalue weighted by atomic mass is 79.9. The molecule has 0 N–H and O–H groups in total. The summed E-state index contributed by atoms with van der Waals surface area (Å²) >= 11 is 3.54. The molecule has 0 aliphatic rings. The molecule has 1 heterocycles. The van der Waals surface area contributed by atoms with Crippen LogP contribution in [-0.4, -0.2) is 9.78 Å². The first-order valence-corrected chi connectivity index (χ1v) is 6.66.